The van der Waals surface area contributed by atoms with E-state index in [9.17, 15) is 4.79 Å². The van der Waals surface area contributed by atoms with Crippen LogP contribution in [0.4, 0.5) is 11.4 Å². The first-order chi connectivity index (χ1) is 14.8. The molecule has 0 fully saturated rings. The van der Waals surface area contributed by atoms with Crippen LogP contribution in [0.2, 0.25) is 0 Å². The lowest BCUT2D eigenvalue weighted by molar-refractivity contribution is -0.117. The molecule has 2 N–H and O–H groups in total. The molecule has 0 bridgehead atoms. The van der Waals surface area contributed by atoms with Gasteiger partial charge in [-0.25, -0.2) is 0 Å². The molecule has 168 valence electrons. The topological polar surface area (TPSA) is 44.4 Å². The highest BCUT2D eigenvalue weighted by molar-refractivity contribution is 8.00. The van der Waals surface area contributed by atoms with Crippen molar-refractivity contribution in [2.45, 2.75) is 25.1 Å². The van der Waals surface area contributed by atoms with Crippen LogP contribution in [-0.4, -0.2) is 49.6 Å². The summed E-state index contributed by atoms with van der Waals surface area (Å²) in [5.74, 6) is 1.08. The van der Waals surface area contributed by atoms with Gasteiger partial charge in [0.25, 0.3) is 0 Å². The Bertz CT molecular complexity index is 877. The van der Waals surface area contributed by atoms with Gasteiger partial charge in [-0.05, 0) is 67.3 Å². The van der Waals surface area contributed by atoms with Gasteiger partial charge in [0.05, 0.1) is 4.75 Å². The molecular weight excluding hydrogens is 422 g/mol. The molecule has 2 aromatic rings. The summed E-state index contributed by atoms with van der Waals surface area (Å²) in [5.41, 5.74) is 5.42. The average molecular weight is 458 g/mol. The van der Waals surface area contributed by atoms with E-state index in [1.54, 1.807) is 11.8 Å². The maximum Gasteiger partial charge on any atom is 0.240 e. The SMILES string of the molecule is CSCCNCc1cc(/C=C/c2ccc(N(C)C)cc2)ccc1NC(=O)C(C)(C)SC. The summed E-state index contributed by atoms with van der Waals surface area (Å²) in [6.07, 6.45) is 8.31. The van der Waals surface area contributed by atoms with Gasteiger partial charge in [0.15, 0.2) is 0 Å². The van der Waals surface area contributed by atoms with Gasteiger partial charge in [0.2, 0.25) is 5.91 Å². The fourth-order valence-corrected chi connectivity index (χ4v) is 3.41. The molecule has 0 radical (unpaired) electrons. The lowest BCUT2D eigenvalue weighted by Gasteiger charge is -2.22. The molecule has 0 aromatic heterocycles. The Morgan fingerprint density at radius 2 is 1.68 bits per heavy atom. The van der Waals surface area contributed by atoms with Crippen molar-refractivity contribution in [2.75, 3.05) is 49.1 Å². The Morgan fingerprint density at radius 1 is 1.03 bits per heavy atom. The third kappa shape index (κ3) is 7.95. The summed E-state index contributed by atoms with van der Waals surface area (Å²) < 4.78 is -0.471. The Labute approximate surface area is 196 Å². The molecule has 0 aliphatic rings. The molecule has 31 heavy (non-hydrogen) atoms. The van der Waals surface area contributed by atoms with Crippen molar-refractivity contribution >= 4 is 53.0 Å². The minimum atomic E-state index is -0.471. The van der Waals surface area contributed by atoms with Crippen molar-refractivity contribution in [3.63, 3.8) is 0 Å². The van der Waals surface area contributed by atoms with Crippen molar-refractivity contribution in [2.24, 2.45) is 0 Å². The molecule has 2 aromatic carbocycles. The van der Waals surface area contributed by atoms with Gasteiger partial charge in [0.1, 0.15) is 0 Å². The van der Waals surface area contributed by atoms with Crippen LogP contribution in [0.5, 0.6) is 0 Å². The van der Waals surface area contributed by atoms with Crippen LogP contribution in [0, 0.1) is 0 Å². The molecule has 0 atom stereocenters. The Balaban J connectivity index is 2.21. The smallest absolute Gasteiger partial charge is 0.240 e. The number of benzene rings is 2. The first-order valence-corrected chi connectivity index (χ1v) is 13.0. The predicted octanol–water partition coefficient (Wildman–Crippen LogP) is 5.46. The first-order valence-electron chi connectivity index (χ1n) is 10.4. The van der Waals surface area contributed by atoms with E-state index in [0.29, 0.717) is 0 Å². The highest BCUT2D eigenvalue weighted by Crippen LogP contribution is 2.26. The zero-order valence-electron chi connectivity index (χ0n) is 19.5. The molecule has 6 heteroatoms. The van der Waals surface area contributed by atoms with E-state index in [2.05, 4.69) is 70.3 Å². The van der Waals surface area contributed by atoms with Gasteiger partial charge in [0, 0.05) is 44.3 Å². The molecule has 0 saturated heterocycles. The molecule has 2 rings (SSSR count). The molecule has 1 amide bonds. The minimum absolute atomic E-state index is 0.0228. The molecule has 0 aliphatic carbocycles. The zero-order valence-corrected chi connectivity index (χ0v) is 21.1. The molecular formula is C25H35N3OS2. The number of amides is 1. The largest absolute Gasteiger partial charge is 0.378 e. The second-order valence-corrected chi connectivity index (χ2v) is 10.5. The Kier molecular flexibility index (Phi) is 10.0. The fraction of sp³-hybridized carbons (Fsp3) is 0.400. The van der Waals surface area contributed by atoms with E-state index < -0.39 is 4.75 Å². The summed E-state index contributed by atoms with van der Waals surface area (Å²) in [5, 5.41) is 6.61. The van der Waals surface area contributed by atoms with Crippen LogP contribution in [0.25, 0.3) is 12.2 Å². The van der Waals surface area contributed by atoms with Crippen LogP contribution in [0.15, 0.2) is 42.5 Å². The lowest BCUT2D eigenvalue weighted by Crippen LogP contribution is -2.34. The molecule has 4 nitrogen and oxygen atoms in total. The maximum absolute atomic E-state index is 12.7. The molecule has 0 aliphatic heterocycles. The van der Waals surface area contributed by atoms with Gasteiger partial charge in [-0.2, -0.15) is 11.8 Å². The number of hydrogen-bond acceptors (Lipinski definition) is 5. The van der Waals surface area contributed by atoms with Gasteiger partial charge in [-0.1, -0.05) is 30.4 Å². The summed E-state index contributed by atoms with van der Waals surface area (Å²) in [6.45, 7) is 5.54. The van der Waals surface area contributed by atoms with E-state index in [0.717, 1.165) is 41.2 Å². The third-order valence-electron chi connectivity index (χ3n) is 5.11. The number of rotatable bonds is 11. The van der Waals surface area contributed by atoms with E-state index in [-0.39, 0.29) is 5.91 Å². The monoisotopic (exact) mass is 457 g/mol. The van der Waals surface area contributed by atoms with Crippen LogP contribution < -0.4 is 15.5 Å². The average Bonchev–Trinajstić information content (AvgIpc) is 2.76. The van der Waals surface area contributed by atoms with Crippen LogP contribution >= 0.6 is 23.5 Å². The standard InChI is InChI=1S/C25H35N3OS2/c1-25(2,31-6)24(29)27-23-14-11-20(17-21(23)18-26-15-16-30-5)8-7-19-9-12-22(13-10-19)28(3)4/h7-14,17,26H,15-16,18H2,1-6H3,(H,27,29)/b8-7+. The van der Waals surface area contributed by atoms with Crippen molar-refractivity contribution in [1.82, 2.24) is 5.32 Å². The molecule has 0 unspecified atom stereocenters. The van der Waals surface area contributed by atoms with E-state index in [4.69, 9.17) is 0 Å². The van der Waals surface area contributed by atoms with Crippen molar-refractivity contribution in [3.8, 4) is 0 Å². The van der Waals surface area contributed by atoms with Crippen LogP contribution in [0.1, 0.15) is 30.5 Å². The fourth-order valence-electron chi connectivity index (χ4n) is 2.82. The number of hydrogen-bond donors (Lipinski definition) is 2. The predicted molar refractivity (Wildman–Crippen MR) is 142 cm³/mol. The highest BCUT2D eigenvalue weighted by Gasteiger charge is 2.26. The number of thioether (sulfide) groups is 2. The number of nitrogens with zero attached hydrogens (tertiary/aromatic N) is 1. The Hall–Kier alpha value is -1.89. The van der Waals surface area contributed by atoms with Crippen molar-refractivity contribution in [3.05, 3.63) is 59.2 Å². The second kappa shape index (κ2) is 12.2. The number of carbonyl (C=O) groups excluding carboxylic acids is 1. The van der Waals surface area contributed by atoms with Crippen LogP contribution in [-0.2, 0) is 11.3 Å². The summed E-state index contributed by atoms with van der Waals surface area (Å²) in [6, 6.07) is 14.7. The number of nitrogens with one attached hydrogen (secondary N) is 2. The summed E-state index contributed by atoms with van der Waals surface area (Å²) >= 11 is 3.37. The second-order valence-electron chi connectivity index (χ2n) is 8.07. The molecule has 0 spiro atoms. The van der Waals surface area contributed by atoms with Gasteiger partial charge < -0.3 is 15.5 Å². The summed E-state index contributed by atoms with van der Waals surface area (Å²) in [7, 11) is 4.08. The quantitative estimate of drug-likeness (QED) is 0.347. The normalized spacial score (nSPS) is 11.7. The minimum Gasteiger partial charge on any atom is -0.378 e. The highest BCUT2D eigenvalue weighted by atomic mass is 32.2. The van der Waals surface area contributed by atoms with Crippen molar-refractivity contribution < 1.29 is 4.79 Å². The molecule has 0 heterocycles. The summed E-state index contributed by atoms with van der Waals surface area (Å²) in [4.78, 5) is 14.8. The van der Waals surface area contributed by atoms with Crippen molar-refractivity contribution in [1.29, 1.82) is 0 Å². The first kappa shape index (κ1) is 25.4. The number of anilines is 2. The molecule has 0 saturated carbocycles. The van der Waals surface area contributed by atoms with Crippen LogP contribution in [0.3, 0.4) is 0 Å². The maximum atomic E-state index is 12.7. The van der Waals surface area contributed by atoms with Gasteiger partial charge in [-0.3, -0.25) is 4.79 Å². The van der Waals surface area contributed by atoms with E-state index in [1.165, 1.54) is 5.69 Å². The van der Waals surface area contributed by atoms with E-state index in [1.807, 2.05) is 52.0 Å². The van der Waals surface area contributed by atoms with Gasteiger partial charge >= 0.3 is 0 Å². The Morgan fingerprint density at radius 3 is 2.29 bits per heavy atom. The van der Waals surface area contributed by atoms with Gasteiger partial charge in [-0.15, -0.1) is 11.8 Å². The lowest BCUT2D eigenvalue weighted by atomic mass is 10.1. The number of carbonyl (C=O) groups is 1. The third-order valence-corrected chi connectivity index (χ3v) is 6.93. The van der Waals surface area contributed by atoms with E-state index >= 15 is 0 Å². The zero-order chi connectivity index (χ0) is 22.9.